The third kappa shape index (κ3) is 3.87. The van der Waals surface area contributed by atoms with Gasteiger partial charge in [-0.3, -0.25) is 9.59 Å². The number of piperidine rings is 1. The third-order valence-electron chi connectivity index (χ3n) is 7.69. The molecule has 2 N–H and O–H groups in total. The van der Waals surface area contributed by atoms with Crippen molar-refractivity contribution in [3.8, 4) is 0 Å². The van der Waals surface area contributed by atoms with Crippen LogP contribution in [-0.4, -0.2) is 41.5 Å². The molecule has 0 unspecified atom stereocenters. The third-order valence-corrected chi connectivity index (χ3v) is 7.94. The lowest BCUT2D eigenvalue weighted by molar-refractivity contribution is -0.157. The Balaban J connectivity index is 1.41. The molecule has 1 aromatic rings. The van der Waals surface area contributed by atoms with Gasteiger partial charge in [-0.15, -0.1) is 0 Å². The molecule has 4 rings (SSSR count). The maximum atomic E-state index is 13.4. The zero-order valence-corrected chi connectivity index (χ0v) is 18.8. The van der Waals surface area contributed by atoms with Crippen molar-refractivity contribution in [3.05, 3.63) is 34.9 Å². The number of likely N-dealkylation sites (tertiary alicyclic amines) is 1. The SMILES string of the molecule is CC1(C)CN(C(=O)C2(CNC(=O)C3CCCC3)CC2)CC[C@]1(O)c1ccc(Cl)cc1. The normalized spacial score (nSPS) is 27.7. The summed E-state index contributed by atoms with van der Waals surface area (Å²) in [7, 11) is 0. The van der Waals surface area contributed by atoms with Crippen LogP contribution in [0.5, 0.6) is 0 Å². The number of carbonyl (C=O) groups is 2. The number of benzene rings is 1. The molecule has 2 saturated carbocycles. The molecule has 0 aromatic heterocycles. The van der Waals surface area contributed by atoms with Crippen LogP contribution in [0.15, 0.2) is 24.3 Å². The molecular weight excluding hydrogens is 400 g/mol. The molecule has 1 aliphatic heterocycles. The Morgan fingerprint density at radius 1 is 1.13 bits per heavy atom. The molecule has 164 valence electrons. The van der Waals surface area contributed by atoms with E-state index in [1.807, 2.05) is 30.9 Å². The Kier molecular flexibility index (Phi) is 5.65. The van der Waals surface area contributed by atoms with Crippen LogP contribution >= 0.6 is 11.6 Å². The number of rotatable bonds is 5. The van der Waals surface area contributed by atoms with Gasteiger partial charge in [-0.05, 0) is 49.8 Å². The molecule has 2 amide bonds. The monoisotopic (exact) mass is 432 g/mol. The Morgan fingerprint density at radius 3 is 2.33 bits per heavy atom. The zero-order chi connectivity index (χ0) is 21.6. The predicted octanol–water partition coefficient (Wildman–Crippen LogP) is 3.87. The van der Waals surface area contributed by atoms with E-state index in [0.717, 1.165) is 44.1 Å². The van der Waals surface area contributed by atoms with Crippen LogP contribution in [-0.2, 0) is 15.2 Å². The first-order valence-electron chi connectivity index (χ1n) is 11.2. The summed E-state index contributed by atoms with van der Waals surface area (Å²) < 4.78 is 0. The lowest BCUT2D eigenvalue weighted by Crippen LogP contribution is -2.58. The van der Waals surface area contributed by atoms with Crippen LogP contribution in [0.2, 0.25) is 5.02 Å². The Morgan fingerprint density at radius 2 is 1.77 bits per heavy atom. The van der Waals surface area contributed by atoms with Gasteiger partial charge in [-0.25, -0.2) is 0 Å². The zero-order valence-electron chi connectivity index (χ0n) is 18.0. The highest BCUT2D eigenvalue weighted by molar-refractivity contribution is 6.30. The summed E-state index contributed by atoms with van der Waals surface area (Å²) in [5.41, 5.74) is -1.12. The fourth-order valence-electron chi connectivity index (χ4n) is 5.30. The molecule has 6 heteroatoms. The van der Waals surface area contributed by atoms with E-state index in [0.29, 0.717) is 31.1 Å². The van der Waals surface area contributed by atoms with E-state index in [4.69, 9.17) is 11.6 Å². The van der Waals surface area contributed by atoms with Gasteiger partial charge in [-0.1, -0.05) is 50.4 Å². The largest absolute Gasteiger partial charge is 0.384 e. The summed E-state index contributed by atoms with van der Waals surface area (Å²) in [5, 5.41) is 15.2. The average molecular weight is 433 g/mol. The fraction of sp³-hybridized carbons (Fsp3) is 0.667. The molecule has 0 radical (unpaired) electrons. The van der Waals surface area contributed by atoms with Gasteiger partial charge in [-0.2, -0.15) is 0 Å². The smallest absolute Gasteiger partial charge is 0.230 e. The van der Waals surface area contributed by atoms with Crippen molar-refractivity contribution < 1.29 is 14.7 Å². The summed E-state index contributed by atoms with van der Waals surface area (Å²) in [6.45, 7) is 5.48. The number of hydrogen-bond donors (Lipinski definition) is 2. The molecule has 1 saturated heterocycles. The van der Waals surface area contributed by atoms with Gasteiger partial charge in [0.05, 0.1) is 11.0 Å². The molecule has 3 fully saturated rings. The standard InChI is InChI=1S/C24H33ClN2O3/c1-22(2)16-27(14-13-24(22,30)18-7-9-19(25)10-8-18)21(29)23(11-12-23)15-26-20(28)17-5-3-4-6-17/h7-10,17,30H,3-6,11-16H2,1-2H3,(H,26,28)/t24-/m0/s1. The molecule has 5 nitrogen and oxygen atoms in total. The van der Waals surface area contributed by atoms with Crippen molar-refractivity contribution in [2.75, 3.05) is 19.6 Å². The number of aliphatic hydroxyl groups is 1. The van der Waals surface area contributed by atoms with Crippen molar-refractivity contribution in [2.45, 2.75) is 64.4 Å². The highest BCUT2D eigenvalue weighted by atomic mass is 35.5. The highest BCUT2D eigenvalue weighted by Crippen LogP contribution is 2.51. The molecule has 0 spiro atoms. The van der Waals surface area contributed by atoms with Gasteiger partial charge >= 0.3 is 0 Å². The van der Waals surface area contributed by atoms with Crippen LogP contribution in [0, 0.1) is 16.7 Å². The van der Waals surface area contributed by atoms with Crippen molar-refractivity contribution in [1.82, 2.24) is 10.2 Å². The van der Waals surface area contributed by atoms with Gasteiger partial charge < -0.3 is 15.3 Å². The second-order valence-electron chi connectivity index (χ2n) is 10.2. The minimum absolute atomic E-state index is 0.114. The number of nitrogens with one attached hydrogen (secondary N) is 1. The van der Waals surface area contributed by atoms with E-state index in [9.17, 15) is 14.7 Å². The van der Waals surface area contributed by atoms with Crippen LogP contribution < -0.4 is 5.32 Å². The summed E-state index contributed by atoms with van der Waals surface area (Å²) in [6.07, 6.45) is 6.33. The second kappa shape index (κ2) is 7.83. The maximum absolute atomic E-state index is 13.4. The summed E-state index contributed by atoms with van der Waals surface area (Å²) in [6, 6.07) is 7.36. The quantitative estimate of drug-likeness (QED) is 0.741. The Hall–Kier alpha value is -1.59. The van der Waals surface area contributed by atoms with E-state index < -0.39 is 16.4 Å². The van der Waals surface area contributed by atoms with E-state index >= 15 is 0 Å². The Bertz CT molecular complexity index is 812. The maximum Gasteiger partial charge on any atom is 0.230 e. The van der Waals surface area contributed by atoms with Crippen LogP contribution in [0.25, 0.3) is 0 Å². The molecule has 2 aliphatic carbocycles. The summed E-state index contributed by atoms with van der Waals surface area (Å²) in [4.78, 5) is 27.7. The molecule has 1 aromatic carbocycles. The first-order chi connectivity index (χ1) is 14.2. The second-order valence-corrected chi connectivity index (χ2v) is 10.6. The van der Waals surface area contributed by atoms with Crippen LogP contribution in [0.3, 0.4) is 0 Å². The minimum atomic E-state index is -1.01. The highest BCUT2D eigenvalue weighted by Gasteiger charge is 2.56. The van der Waals surface area contributed by atoms with Crippen LogP contribution in [0.4, 0.5) is 0 Å². The molecule has 3 aliphatic rings. The molecule has 0 bridgehead atoms. The lowest BCUT2D eigenvalue weighted by atomic mass is 9.66. The average Bonchev–Trinajstić information content (AvgIpc) is 3.30. The number of halogens is 1. The Labute approximate surface area is 184 Å². The van der Waals surface area contributed by atoms with E-state index in [1.165, 1.54) is 0 Å². The fourth-order valence-corrected chi connectivity index (χ4v) is 5.42. The van der Waals surface area contributed by atoms with Crippen LogP contribution in [0.1, 0.15) is 64.4 Å². The van der Waals surface area contributed by atoms with E-state index in [1.54, 1.807) is 12.1 Å². The number of carbonyl (C=O) groups excluding carboxylic acids is 2. The van der Waals surface area contributed by atoms with E-state index in [-0.39, 0.29) is 17.7 Å². The van der Waals surface area contributed by atoms with Crippen molar-refractivity contribution in [3.63, 3.8) is 0 Å². The topological polar surface area (TPSA) is 69.6 Å². The summed E-state index contributed by atoms with van der Waals surface area (Å²) >= 11 is 6.02. The lowest BCUT2D eigenvalue weighted by Gasteiger charge is -2.51. The first-order valence-corrected chi connectivity index (χ1v) is 11.6. The predicted molar refractivity (Wildman–Crippen MR) is 117 cm³/mol. The molecular formula is C24H33ClN2O3. The van der Waals surface area contributed by atoms with Gasteiger partial charge in [0.2, 0.25) is 11.8 Å². The number of nitrogens with zero attached hydrogens (tertiary/aromatic N) is 1. The number of hydrogen-bond acceptors (Lipinski definition) is 3. The van der Waals surface area contributed by atoms with Crippen molar-refractivity contribution in [1.29, 1.82) is 0 Å². The molecule has 1 heterocycles. The molecule has 1 atom stereocenters. The first kappa shape index (κ1) is 21.6. The van der Waals surface area contributed by atoms with Gasteiger partial charge in [0.15, 0.2) is 0 Å². The van der Waals surface area contributed by atoms with Gasteiger partial charge in [0.25, 0.3) is 0 Å². The molecule has 30 heavy (non-hydrogen) atoms. The van der Waals surface area contributed by atoms with Crippen molar-refractivity contribution in [2.24, 2.45) is 16.7 Å². The van der Waals surface area contributed by atoms with Gasteiger partial charge in [0, 0.05) is 36.0 Å². The summed E-state index contributed by atoms with van der Waals surface area (Å²) in [5.74, 6) is 0.363. The van der Waals surface area contributed by atoms with E-state index in [2.05, 4.69) is 5.32 Å². The number of amides is 2. The minimum Gasteiger partial charge on any atom is -0.384 e. The van der Waals surface area contributed by atoms with Gasteiger partial charge in [0.1, 0.15) is 0 Å². The van der Waals surface area contributed by atoms with Crippen molar-refractivity contribution >= 4 is 23.4 Å².